The lowest BCUT2D eigenvalue weighted by atomic mass is 9.88. The van der Waals surface area contributed by atoms with Crippen LogP contribution in [0.5, 0.6) is 0 Å². The highest BCUT2D eigenvalue weighted by Crippen LogP contribution is 2.33. The summed E-state index contributed by atoms with van der Waals surface area (Å²) in [6, 6.07) is 12.2. The summed E-state index contributed by atoms with van der Waals surface area (Å²) in [5, 5.41) is 12.9. The summed E-state index contributed by atoms with van der Waals surface area (Å²) < 4.78 is 1.93. The van der Waals surface area contributed by atoms with Crippen molar-refractivity contribution in [3.63, 3.8) is 0 Å². The van der Waals surface area contributed by atoms with Crippen molar-refractivity contribution in [1.29, 1.82) is 0 Å². The van der Waals surface area contributed by atoms with E-state index in [-0.39, 0.29) is 11.8 Å². The van der Waals surface area contributed by atoms with E-state index in [1.165, 1.54) is 6.42 Å². The van der Waals surface area contributed by atoms with Crippen molar-refractivity contribution in [2.24, 2.45) is 5.92 Å². The fraction of sp³-hybridized carbons (Fsp3) is 0.233. The maximum atomic E-state index is 12.8. The minimum atomic E-state index is 0.0945. The van der Waals surface area contributed by atoms with E-state index in [4.69, 9.17) is 0 Å². The Bertz CT molecular complexity index is 1820. The highest BCUT2D eigenvalue weighted by Gasteiger charge is 2.21. The molecule has 1 saturated carbocycles. The topological polar surface area (TPSA) is 117 Å². The van der Waals surface area contributed by atoms with Gasteiger partial charge in [0.1, 0.15) is 17.8 Å². The summed E-state index contributed by atoms with van der Waals surface area (Å²) in [6.07, 6.45) is 14.5. The molecule has 3 N–H and O–H groups in total. The van der Waals surface area contributed by atoms with Crippen LogP contribution in [0.2, 0.25) is 0 Å². The number of hydrogen-bond donors (Lipinski definition) is 3. The smallest absolute Gasteiger partial charge is 0.227 e. The number of nitrogens with one attached hydrogen (secondary N) is 3. The number of aromatic nitrogens is 7. The van der Waals surface area contributed by atoms with Crippen LogP contribution in [-0.4, -0.2) is 40.6 Å². The number of benzene rings is 1. The molecule has 1 aromatic carbocycles. The zero-order chi connectivity index (χ0) is 26.3. The van der Waals surface area contributed by atoms with E-state index in [1.54, 1.807) is 18.7 Å². The third kappa shape index (κ3) is 4.35. The van der Waals surface area contributed by atoms with Crippen LogP contribution in [0.1, 0.15) is 37.8 Å². The van der Waals surface area contributed by atoms with Gasteiger partial charge in [0.25, 0.3) is 0 Å². The van der Waals surface area contributed by atoms with Crippen LogP contribution in [0.3, 0.4) is 0 Å². The molecule has 5 aromatic heterocycles. The molecule has 0 saturated heterocycles. The molecule has 39 heavy (non-hydrogen) atoms. The molecule has 1 fully saturated rings. The van der Waals surface area contributed by atoms with Gasteiger partial charge in [-0.1, -0.05) is 25.3 Å². The van der Waals surface area contributed by atoms with Gasteiger partial charge in [-0.3, -0.25) is 19.4 Å². The van der Waals surface area contributed by atoms with Crippen LogP contribution < -0.4 is 5.32 Å². The van der Waals surface area contributed by atoms with Gasteiger partial charge in [-0.15, -0.1) is 0 Å². The summed E-state index contributed by atoms with van der Waals surface area (Å²) in [7, 11) is 0. The Hall–Kier alpha value is -4.79. The number of nitrogens with zero attached hydrogens (tertiary/aromatic N) is 5. The third-order valence-electron chi connectivity index (χ3n) is 7.62. The Morgan fingerprint density at radius 2 is 1.87 bits per heavy atom. The number of anilines is 1. The summed E-state index contributed by atoms with van der Waals surface area (Å²) in [5.41, 5.74) is 7.22. The van der Waals surface area contributed by atoms with E-state index in [2.05, 4.69) is 47.6 Å². The molecule has 1 amide bonds. The lowest BCUT2D eigenvalue weighted by Gasteiger charge is -2.20. The van der Waals surface area contributed by atoms with Crippen LogP contribution in [0, 0.1) is 12.8 Å². The van der Waals surface area contributed by atoms with Gasteiger partial charge in [0, 0.05) is 40.8 Å². The lowest BCUT2D eigenvalue weighted by Crippen LogP contribution is -2.24. The molecule has 0 atom stereocenters. The highest BCUT2D eigenvalue weighted by molar-refractivity contribution is 5.99. The van der Waals surface area contributed by atoms with E-state index >= 15 is 0 Å². The van der Waals surface area contributed by atoms with Crippen molar-refractivity contribution in [3.8, 4) is 28.3 Å². The summed E-state index contributed by atoms with van der Waals surface area (Å²) in [6.45, 7) is 1.96. The molecular formula is C30H28N8O. The van der Waals surface area contributed by atoms with Crippen molar-refractivity contribution in [2.75, 3.05) is 5.32 Å². The second kappa shape index (κ2) is 9.50. The first kappa shape index (κ1) is 23.3. The second-order valence-electron chi connectivity index (χ2n) is 10.3. The molecule has 5 heterocycles. The van der Waals surface area contributed by atoms with E-state index < -0.39 is 0 Å². The molecule has 1 aliphatic carbocycles. The fourth-order valence-electron chi connectivity index (χ4n) is 5.58. The normalized spacial score (nSPS) is 14.3. The van der Waals surface area contributed by atoms with Crippen molar-refractivity contribution in [3.05, 3.63) is 73.2 Å². The van der Waals surface area contributed by atoms with Gasteiger partial charge < -0.3 is 10.3 Å². The Balaban J connectivity index is 1.22. The van der Waals surface area contributed by atoms with Gasteiger partial charge in [0.2, 0.25) is 5.91 Å². The van der Waals surface area contributed by atoms with Crippen LogP contribution in [0.4, 0.5) is 5.69 Å². The van der Waals surface area contributed by atoms with Crippen molar-refractivity contribution < 1.29 is 4.79 Å². The van der Waals surface area contributed by atoms with Crippen molar-refractivity contribution >= 4 is 33.4 Å². The molecule has 1 aliphatic rings. The lowest BCUT2D eigenvalue weighted by molar-refractivity contribution is -0.120. The van der Waals surface area contributed by atoms with E-state index in [9.17, 15) is 4.79 Å². The Morgan fingerprint density at radius 3 is 2.72 bits per heavy atom. The standard InChI is InChI=1S/C30H28N8O/c1-18-16-38(17-33-18)29-24-13-27(35-25(24)9-10-32-29)28-23-12-20(7-8-26(23)36-37-28)21-11-22(15-31-14-21)34-30(39)19-5-3-2-4-6-19/h7-17,19,35H,2-6H2,1H3,(H,34,39)(H,36,37). The van der Waals surface area contributed by atoms with Crippen LogP contribution >= 0.6 is 0 Å². The van der Waals surface area contributed by atoms with Crippen LogP contribution in [0.15, 0.2) is 67.5 Å². The molecule has 0 radical (unpaired) electrons. The number of hydrogen-bond acceptors (Lipinski definition) is 5. The molecular weight excluding hydrogens is 488 g/mol. The summed E-state index contributed by atoms with van der Waals surface area (Å²) in [4.78, 5) is 29.7. The first-order valence-electron chi connectivity index (χ1n) is 13.4. The van der Waals surface area contributed by atoms with Gasteiger partial charge in [-0.05, 0) is 55.7 Å². The monoisotopic (exact) mass is 516 g/mol. The van der Waals surface area contributed by atoms with Crippen LogP contribution in [-0.2, 0) is 4.79 Å². The molecule has 0 unspecified atom stereocenters. The van der Waals surface area contributed by atoms with Gasteiger partial charge in [0.15, 0.2) is 0 Å². The summed E-state index contributed by atoms with van der Waals surface area (Å²) in [5.74, 6) is 1.01. The molecule has 9 nitrogen and oxygen atoms in total. The zero-order valence-corrected chi connectivity index (χ0v) is 21.6. The minimum absolute atomic E-state index is 0.0945. The molecule has 0 spiro atoms. The predicted molar refractivity (Wildman–Crippen MR) is 151 cm³/mol. The number of H-pyrrole nitrogens is 2. The van der Waals surface area contributed by atoms with Crippen molar-refractivity contribution in [2.45, 2.75) is 39.0 Å². The van der Waals surface area contributed by atoms with E-state index in [0.717, 1.165) is 87.2 Å². The van der Waals surface area contributed by atoms with Gasteiger partial charge in [0.05, 0.1) is 34.3 Å². The number of aromatic amines is 2. The summed E-state index contributed by atoms with van der Waals surface area (Å²) >= 11 is 0. The largest absolute Gasteiger partial charge is 0.353 e. The molecule has 0 aliphatic heterocycles. The molecule has 194 valence electrons. The number of imidazole rings is 1. The average Bonchev–Trinajstić information content (AvgIpc) is 3.71. The van der Waals surface area contributed by atoms with Gasteiger partial charge in [-0.25, -0.2) is 9.97 Å². The number of amides is 1. The fourth-order valence-corrected chi connectivity index (χ4v) is 5.58. The molecule has 0 bridgehead atoms. The number of rotatable bonds is 5. The Labute approximate surface area is 224 Å². The van der Waals surface area contributed by atoms with Crippen LogP contribution in [0.25, 0.3) is 50.1 Å². The predicted octanol–water partition coefficient (Wildman–Crippen LogP) is 6.18. The Kier molecular flexibility index (Phi) is 5.69. The number of carbonyl (C=O) groups is 1. The highest BCUT2D eigenvalue weighted by atomic mass is 16.1. The molecule has 9 heteroatoms. The van der Waals surface area contributed by atoms with E-state index in [1.807, 2.05) is 48.1 Å². The quantitative estimate of drug-likeness (QED) is 0.253. The Morgan fingerprint density at radius 1 is 0.974 bits per heavy atom. The maximum absolute atomic E-state index is 12.8. The second-order valence-corrected chi connectivity index (χ2v) is 10.3. The molecule has 6 aromatic rings. The maximum Gasteiger partial charge on any atom is 0.227 e. The zero-order valence-electron chi connectivity index (χ0n) is 21.6. The number of fused-ring (bicyclic) bond motifs is 2. The first-order valence-corrected chi connectivity index (χ1v) is 13.4. The van der Waals surface area contributed by atoms with Gasteiger partial charge in [-0.2, -0.15) is 5.10 Å². The van der Waals surface area contributed by atoms with Crippen molar-refractivity contribution in [1.82, 2.24) is 34.7 Å². The van der Waals surface area contributed by atoms with E-state index in [0.29, 0.717) is 0 Å². The third-order valence-corrected chi connectivity index (χ3v) is 7.62. The number of aryl methyl sites for hydroxylation is 1. The SMILES string of the molecule is Cc1cn(-c2nccc3[nH]c(-c4n[nH]c5ccc(-c6cncc(NC(=O)C7CCCCC7)c6)cc45)cc23)cn1. The number of carbonyl (C=O) groups excluding carboxylic acids is 1. The molecule has 7 rings (SSSR count). The first-order chi connectivity index (χ1) is 19.1. The average molecular weight is 517 g/mol. The van der Waals surface area contributed by atoms with Gasteiger partial charge >= 0.3 is 0 Å². The minimum Gasteiger partial charge on any atom is -0.353 e. The number of pyridine rings is 2.